The number of rotatable bonds is 4. The van der Waals surface area contributed by atoms with E-state index in [1.165, 1.54) is 0 Å². The van der Waals surface area contributed by atoms with Gasteiger partial charge in [-0.15, -0.1) is 0 Å². The summed E-state index contributed by atoms with van der Waals surface area (Å²) in [5.41, 5.74) is 1.46. The lowest BCUT2D eigenvalue weighted by atomic mass is 9.79. The Bertz CT molecular complexity index is 747. The quantitative estimate of drug-likeness (QED) is 0.855. The monoisotopic (exact) mass is 354 g/mol. The molecule has 1 aliphatic rings. The smallest absolute Gasteiger partial charge is 0.443 e. The molecule has 0 radical (unpaired) electrons. The van der Waals surface area contributed by atoms with Crippen LogP contribution in [0.3, 0.4) is 0 Å². The van der Waals surface area contributed by atoms with Gasteiger partial charge < -0.3 is 14.0 Å². The summed E-state index contributed by atoms with van der Waals surface area (Å²) < 4.78 is 17.2. The van der Waals surface area contributed by atoms with Gasteiger partial charge in [-0.05, 0) is 57.4 Å². The Morgan fingerprint density at radius 1 is 1.08 bits per heavy atom. The average molecular weight is 354 g/mol. The number of ether oxygens (including phenoxy) is 1. The molecule has 1 aromatic carbocycles. The van der Waals surface area contributed by atoms with Crippen LogP contribution in [0.4, 0.5) is 10.5 Å². The number of benzene rings is 1. The zero-order chi connectivity index (χ0) is 18.8. The van der Waals surface area contributed by atoms with Crippen LogP contribution < -0.4 is 10.8 Å². The number of aromatic nitrogens is 1. The Balaban J connectivity index is 1.56. The van der Waals surface area contributed by atoms with Crippen molar-refractivity contribution >= 4 is 24.4 Å². The lowest BCUT2D eigenvalue weighted by molar-refractivity contribution is 0.00578. The van der Waals surface area contributed by atoms with Gasteiger partial charge in [0.2, 0.25) is 0 Å². The minimum atomic E-state index is -0.529. The Labute approximate surface area is 154 Å². The van der Waals surface area contributed by atoms with Crippen molar-refractivity contribution in [3.8, 4) is 0 Å². The van der Waals surface area contributed by atoms with Crippen molar-refractivity contribution in [1.82, 2.24) is 4.98 Å². The Morgan fingerprint density at radius 2 is 1.73 bits per heavy atom. The van der Waals surface area contributed by atoms with Crippen molar-refractivity contribution in [2.24, 2.45) is 0 Å². The van der Waals surface area contributed by atoms with E-state index in [2.05, 4.69) is 10.3 Å². The molecule has 1 N–H and O–H groups in total. The summed E-state index contributed by atoms with van der Waals surface area (Å²) in [5.74, 6) is 0. The van der Waals surface area contributed by atoms with Gasteiger partial charge >= 0.3 is 13.2 Å². The van der Waals surface area contributed by atoms with Crippen molar-refractivity contribution in [2.45, 2.75) is 45.5 Å². The Kier molecular flexibility index (Phi) is 5.02. The van der Waals surface area contributed by atoms with Crippen molar-refractivity contribution in [2.75, 3.05) is 5.32 Å². The highest BCUT2D eigenvalue weighted by Crippen LogP contribution is 2.36. The molecule has 1 aromatic heterocycles. The molecular weight excluding hydrogens is 331 g/mol. The molecule has 1 amide bonds. The summed E-state index contributed by atoms with van der Waals surface area (Å²) in [5, 5.41) is 2.69. The minimum absolute atomic E-state index is 0.124. The molecule has 2 aromatic rings. The van der Waals surface area contributed by atoms with Gasteiger partial charge in [0.15, 0.2) is 0 Å². The molecule has 0 atom stereocenters. The topological polar surface area (TPSA) is 69.7 Å². The van der Waals surface area contributed by atoms with Crippen LogP contribution in [0.1, 0.15) is 33.4 Å². The number of hydrogen-bond acceptors (Lipinski definition) is 5. The summed E-state index contributed by atoms with van der Waals surface area (Å²) in [7, 11) is -0.426. The number of hydrogen-bond donors (Lipinski definition) is 1. The van der Waals surface area contributed by atoms with Crippen LogP contribution in [-0.2, 0) is 20.7 Å². The van der Waals surface area contributed by atoms with E-state index >= 15 is 0 Å². The maximum Gasteiger partial charge on any atom is 0.494 e. The first kappa shape index (κ1) is 18.4. The summed E-state index contributed by atoms with van der Waals surface area (Å²) >= 11 is 0. The number of carbonyl (C=O) groups excluding carboxylic acids is 1. The van der Waals surface area contributed by atoms with E-state index in [1.807, 2.05) is 52.0 Å². The molecule has 0 aliphatic carbocycles. The summed E-state index contributed by atoms with van der Waals surface area (Å²) in [6, 6.07) is 12.8. The molecule has 1 aliphatic heterocycles. The van der Waals surface area contributed by atoms with Gasteiger partial charge in [-0.2, -0.15) is 0 Å². The predicted molar refractivity (Wildman–Crippen MR) is 100 cm³/mol. The van der Waals surface area contributed by atoms with Gasteiger partial charge in [-0.25, -0.2) is 4.79 Å². The van der Waals surface area contributed by atoms with Gasteiger partial charge in [0, 0.05) is 11.9 Å². The summed E-state index contributed by atoms with van der Waals surface area (Å²) in [6.45, 7) is 8.18. The SMILES string of the molecule is CC1(C)OB(c2ccc(NC(=O)OCc3ccccn3)cc2)OC1(C)C. The molecular formula is C19H23BN2O4. The maximum atomic E-state index is 11.9. The van der Waals surface area contributed by atoms with E-state index in [1.54, 1.807) is 24.4 Å². The molecule has 3 rings (SSSR count). The van der Waals surface area contributed by atoms with E-state index in [9.17, 15) is 4.79 Å². The largest absolute Gasteiger partial charge is 0.494 e. The molecule has 7 heteroatoms. The fraction of sp³-hybridized carbons (Fsp3) is 0.368. The zero-order valence-corrected chi connectivity index (χ0v) is 15.5. The fourth-order valence-corrected chi connectivity index (χ4v) is 2.48. The van der Waals surface area contributed by atoms with Crippen LogP contribution in [0.2, 0.25) is 0 Å². The van der Waals surface area contributed by atoms with Crippen molar-refractivity contribution < 1.29 is 18.8 Å². The lowest BCUT2D eigenvalue weighted by Gasteiger charge is -2.32. The summed E-state index contributed by atoms with van der Waals surface area (Å²) in [6.07, 6.45) is 1.13. The molecule has 0 unspecified atom stereocenters. The number of carbonyl (C=O) groups is 1. The fourth-order valence-electron chi connectivity index (χ4n) is 2.48. The normalized spacial score (nSPS) is 17.8. The third kappa shape index (κ3) is 4.06. The highest BCUT2D eigenvalue weighted by Gasteiger charge is 2.51. The van der Waals surface area contributed by atoms with Crippen molar-refractivity contribution in [3.05, 3.63) is 54.4 Å². The van der Waals surface area contributed by atoms with E-state index in [-0.39, 0.29) is 17.8 Å². The van der Waals surface area contributed by atoms with E-state index in [0.717, 1.165) is 5.46 Å². The summed E-state index contributed by atoms with van der Waals surface area (Å²) in [4.78, 5) is 16.0. The molecule has 0 saturated carbocycles. The Morgan fingerprint density at radius 3 is 2.31 bits per heavy atom. The molecule has 1 fully saturated rings. The van der Waals surface area contributed by atoms with E-state index < -0.39 is 13.2 Å². The predicted octanol–water partition coefficient (Wildman–Crippen LogP) is 3.13. The Hall–Kier alpha value is -2.38. The highest BCUT2D eigenvalue weighted by molar-refractivity contribution is 6.62. The van der Waals surface area contributed by atoms with Crippen LogP contribution in [-0.4, -0.2) is 29.4 Å². The lowest BCUT2D eigenvalue weighted by Crippen LogP contribution is -2.41. The second kappa shape index (κ2) is 7.09. The van der Waals surface area contributed by atoms with Crippen LogP contribution >= 0.6 is 0 Å². The first-order chi connectivity index (χ1) is 12.3. The third-order valence-electron chi connectivity index (χ3n) is 4.76. The van der Waals surface area contributed by atoms with Crippen molar-refractivity contribution in [1.29, 1.82) is 0 Å². The van der Waals surface area contributed by atoms with Gasteiger partial charge in [0.25, 0.3) is 0 Å². The number of nitrogens with one attached hydrogen (secondary N) is 1. The highest BCUT2D eigenvalue weighted by atomic mass is 16.7. The standard InChI is InChI=1S/C19H23BN2O4/c1-18(2)19(3,4)26-20(25-18)14-8-10-15(11-9-14)22-17(23)24-13-16-7-5-6-12-21-16/h5-12H,13H2,1-4H3,(H,22,23). The van der Waals surface area contributed by atoms with Crippen LogP contribution in [0.25, 0.3) is 0 Å². The van der Waals surface area contributed by atoms with Crippen LogP contribution in [0.15, 0.2) is 48.7 Å². The van der Waals surface area contributed by atoms with E-state index in [4.69, 9.17) is 14.0 Å². The van der Waals surface area contributed by atoms with Crippen molar-refractivity contribution in [3.63, 3.8) is 0 Å². The molecule has 1 saturated heterocycles. The molecule has 6 nitrogen and oxygen atoms in total. The van der Waals surface area contributed by atoms with E-state index in [0.29, 0.717) is 11.4 Å². The third-order valence-corrected chi connectivity index (χ3v) is 4.76. The molecule has 0 bridgehead atoms. The maximum absolute atomic E-state index is 11.9. The van der Waals surface area contributed by atoms with Crippen LogP contribution in [0.5, 0.6) is 0 Å². The van der Waals surface area contributed by atoms with Gasteiger partial charge in [0.1, 0.15) is 6.61 Å². The molecule has 0 spiro atoms. The van der Waals surface area contributed by atoms with Gasteiger partial charge in [-0.1, -0.05) is 18.2 Å². The zero-order valence-electron chi connectivity index (χ0n) is 15.5. The first-order valence-corrected chi connectivity index (χ1v) is 8.56. The second-order valence-corrected chi connectivity index (χ2v) is 7.23. The van der Waals surface area contributed by atoms with Gasteiger partial charge in [-0.3, -0.25) is 10.3 Å². The number of nitrogens with zero attached hydrogens (tertiary/aromatic N) is 1. The number of amides is 1. The van der Waals surface area contributed by atoms with Crippen LogP contribution in [0, 0.1) is 0 Å². The first-order valence-electron chi connectivity index (χ1n) is 8.56. The number of anilines is 1. The molecule has 26 heavy (non-hydrogen) atoms. The molecule has 2 heterocycles. The second-order valence-electron chi connectivity index (χ2n) is 7.23. The molecule has 136 valence electrons. The number of pyridine rings is 1. The van der Waals surface area contributed by atoms with Gasteiger partial charge in [0.05, 0.1) is 16.9 Å². The average Bonchev–Trinajstić information content (AvgIpc) is 2.82. The minimum Gasteiger partial charge on any atom is -0.443 e.